The molecule has 2 unspecified atom stereocenters. The molecule has 134 valence electrons. The highest BCUT2D eigenvalue weighted by Crippen LogP contribution is 2.22. The van der Waals surface area contributed by atoms with Crippen molar-refractivity contribution in [1.82, 2.24) is 10.6 Å². The summed E-state index contributed by atoms with van der Waals surface area (Å²) >= 11 is 3.58. The maximum atomic E-state index is 12.3. The lowest BCUT2D eigenvalue weighted by molar-refractivity contribution is 0.679. The number of halogens is 1. The van der Waals surface area contributed by atoms with E-state index < -0.39 is 10.8 Å². The molecule has 0 aliphatic carbocycles. The van der Waals surface area contributed by atoms with Crippen LogP contribution in [0.3, 0.4) is 0 Å². The predicted octanol–water partition coefficient (Wildman–Crippen LogP) is 3.87. The van der Waals surface area contributed by atoms with E-state index in [1.807, 2.05) is 55.5 Å². The summed E-state index contributed by atoms with van der Waals surface area (Å²) in [6, 6.07) is 17.7. The first-order valence-electron chi connectivity index (χ1n) is 8.34. The highest BCUT2D eigenvalue weighted by atomic mass is 79.9. The molecule has 2 rings (SSSR count). The van der Waals surface area contributed by atoms with Crippen LogP contribution in [-0.4, -0.2) is 29.0 Å². The number of nitrogens with zero attached hydrogens (tertiary/aromatic N) is 1. The van der Waals surface area contributed by atoms with E-state index in [1.165, 1.54) is 5.56 Å². The lowest BCUT2D eigenvalue weighted by atomic mass is 10.1. The topological polar surface area (TPSA) is 53.5 Å². The second-order valence-corrected chi connectivity index (χ2v) is 7.94. The molecule has 0 saturated carbocycles. The first-order chi connectivity index (χ1) is 12.1. The molecule has 0 saturated heterocycles. The predicted molar refractivity (Wildman–Crippen MR) is 109 cm³/mol. The summed E-state index contributed by atoms with van der Waals surface area (Å²) in [5, 5.41) is 6.64. The molecule has 25 heavy (non-hydrogen) atoms. The summed E-state index contributed by atoms with van der Waals surface area (Å²) in [7, 11) is -1.03. The average Bonchev–Trinajstić information content (AvgIpc) is 2.62. The molecule has 4 nitrogen and oxygen atoms in total. The third kappa shape index (κ3) is 6.29. The molecule has 0 aliphatic heterocycles. The summed E-state index contributed by atoms with van der Waals surface area (Å²) in [4.78, 5) is 5.40. The van der Waals surface area contributed by atoms with Crippen molar-refractivity contribution in [3.63, 3.8) is 0 Å². The van der Waals surface area contributed by atoms with Crippen LogP contribution < -0.4 is 10.6 Å². The van der Waals surface area contributed by atoms with Crippen molar-refractivity contribution in [2.24, 2.45) is 4.99 Å². The van der Waals surface area contributed by atoms with Crippen molar-refractivity contribution in [3.8, 4) is 0 Å². The highest BCUT2D eigenvalue weighted by molar-refractivity contribution is 9.10. The van der Waals surface area contributed by atoms with Gasteiger partial charge in [0.1, 0.15) is 0 Å². The van der Waals surface area contributed by atoms with Crippen LogP contribution in [-0.2, 0) is 10.8 Å². The van der Waals surface area contributed by atoms with Gasteiger partial charge in [0, 0.05) is 21.7 Å². The maximum Gasteiger partial charge on any atom is 0.191 e. The van der Waals surface area contributed by atoms with E-state index in [0.717, 1.165) is 21.9 Å². The normalized spacial score (nSPS) is 14.0. The standard InChI is InChI=1S/C19H24BrN3OS/c1-3-21-19(23-15(2)17-11-7-8-12-18(17)20)22-13-14-25(24)16-9-5-4-6-10-16/h4-12,15H,3,13-14H2,1-2H3,(H2,21,22,23). The first kappa shape index (κ1) is 19.7. The van der Waals surface area contributed by atoms with Gasteiger partial charge in [-0.2, -0.15) is 0 Å². The molecule has 6 heteroatoms. The van der Waals surface area contributed by atoms with Gasteiger partial charge in [0.2, 0.25) is 0 Å². The molecule has 0 bridgehead atoms. The molecular formula is C19H24BrN3OS. The third-order valence-corrected chi connectivity index (χ3v) is 5.70. The van der Waals surface area contributed by atoms with Gasteiger partial charge in [-0.3, -0.25) is 9.20 Å². The molecule has 2 N–H and O–H groups in total. The summed E-state index contributed by atoms with van der Waals surface area (Å²) in [6.07, 6.45) is 0. The van der Waals surface area contributed by atoms with Gasteiger partial charge < -0.3 is 10.6 Å². The molecule has 0 fully saturated rings. The fourth-order valence-electron chi connectivity index (χ4n) is 2.36. The minimum atomic E-state index is -1.03. The third-order valence-electron chi connectivity index (χ3n) is 3.62. The van der Waals surface area contributed by atoms with Crippen molar-refractivity contribution in [1.29, 1.82) is 0 Å². The molecule has 2 atom stereocenters. The van der Waals surface area contributed by atoms with E-state index in [0.29, 0.717) is 12.3 Å². The minimum absolute atomic E-state index is 0.105. The fourth-order valence-corrected chi connectivity index (χ4v) is 3.94. The Labute approximate surface area is 160 Å². The second-order valence-electron chi connectivity index (χ2n) is 5.51. The molecule has 2 aromatic carbocycles. The number of aliphatic imine (C=N–C) groups is 1. The summed E-state index contributed by atoms with van der Waals surface area (Å²) in [5.41, 5.74) is 1.17. The van der Waals surface area contributed by atoms with E-state index >= 15 is 0 Å². The van der Waals surface area contributed by atoms with Crippen LogP contribution in [0.2, 0.25) is 0 Å². The summed E-state index contributed by atoms with van der Waals surface area (Å²) < 4.78 is 13.3. The average molecular weight is 422 g/mol. The van der Waals surface area contributed by atoms with E-state index in [9.17, 15) is 4.21 Å². The van der Waals surface area contributed by atoms with Gasteiger partial charge >= 0.3 is 0 Å². The molecule has 0 amide bonds. The maximum absolute atomic E-state index is 12.3. The van der Waals surface area contributed by atoms with Gasteiger partial charge in [0.15, 0.2) is 5.96 Å². The zero-order valence-corrected chi connectivity index (χ0v) is 16.9. The number of rotatable bonds is 7. The molecule has 2 aromatic rings. The van der Waals surface area contributed by atoms with E-state index in [4.69, 9.17) is 0 Å². The Morgan fingerprint density at radius 1 is 1.16 bits per heavy atom. The summed E-state index contributed by atoms with van der Waals surface area (Å²) in [6.45, 7) is 5.40. The number of benzene rings is 2. The van der Waals surface area contributed by atoms with Crippen molar-refractivity contribution < 1.29 is 4.21 Å². The lowest BCUT2D eigenvalue weighted by Gasteiger charge is -2.19. The highest BCUT2D eigenvalue weighted by Gasteiger charge is 2.10. The van der Waals surface area contributed by atoms with Gasteiger partial charge in [0.25, 0.3) is 0 Å². The van der Waals surface area contributed by atoms with Crippen molar-refractivity contribution >= 4 is 32.7 Å². The molecule has 0 radical (unpaired) electrons. The van der Waals surface area contributed by atoms with Crippen LogP contribution in [0.15, 0.2) is 69.0 Å². The number of nitrogens with one attached hydrogen (secondary N) is 2. The molecule has 0 heterocycles. The zero-order chi connectivity index (χ0) is 18.1. The minimum Gasteiger partial charge on any atom is -0.357 e. The quantitative estimate of drug-likeness (QED) is 0.526. The van der Waals surface area contributed by atoms with Crippen LogP contribution in [0.5, 0.6) is 0 Å². The lowest BCUT2D eigenvalue weighted by Crippen LogP contribution is -2.39. The van der Waals surface area contributed by atoms with E-state index in [-0.39, 0.29) is 6.04 Å². The zero-order valence-electron chi connectivity index (χ0n) is 14.5. The fraction of sp³-hybridized carbons (Fsp3) is 0.316. The smallest absolute Gasteiger partial charge is 0.191 e. The Balaban J connectivity index is 1.96. The Morgan fingerprint density at radius 3 is 2.52 bits per heavy atom. The van der Waals surface area contributed by atoms with E-state index in [2.05, 4.69) is 44.5 Å². The van der Waals surface area contributed by atoms with Gasteiger partial charge in [-0.25, -0.2) is 0 Å². The monoisotopic (exact) mass is 421 g/mol. The van der Waals surface area contributed by atoms with E-state index in [1.54, 1.807) is 0 Å². The van der Waals surface area contributed by atoms with Gasteiger partial charge in [0.05, 0.1) is 23.4 Å². The SMILES string of the molecule is CCNC(=NCCS(=O)c1ccccc1)NC(C)c1ccccc1Br. The van der Waals surface area contributed by atoms with Gasteiger partial charge in [-0.1, -0.05) is 52.3 Å². The second kappa shape index (κ2) is 10.4. The Morgan fingerprint density at radius 2 is 1.84 bits per heavy atom. The molecule has 0 aliphatic rings. The molecule has 0 aromatic heterocycles. The van der Waals surface area contributed by atoms with Crippen molar-refractivity contribution in [3.05, 3.63) is 64.6 Å². The van der Waals surface area contributed by atoms with Crippen LogP contribution >= 0.6 is 15.9 Å². The van der Waals surface area contributed by atoms with Crippen LogP contribution in [0, 0.1) is 0 Å². The van der Waals surface area contributed by atoms with Gasteiger partial charge in [-0.15, -0.1) is 0 Å². The largest absolute Gasteiger partial charge is 0.357 e. The van der Waals surface area contributed by atoms with Crippen molar-refractivity contribution in [2.75, 3.05) is 18.8 Å². The Kier molecular flexibility index (Phi) is 8.15. The van der Waals surface area contributed by atoms with Crippen molar-refractivity contribution in [2.45, 2.75) is 24.8 Å². The number of hydrogen-bond donors (Lipinski definition) is 2. The summed E-state index contributed by atoms with van der Waals surface area (Å²) in [5.74, 6) is 1.24. The van der Waals surface area contributed by atoms with Crippen LogP contribution in [0.1, 0.15) is 25.5 Å². The number of guanidine groups is 1. The molecule has 0 spiro atoms. The Hall–Kier alpha value is -1.66. The van der Waals surface area contributed by atoms with Crippen LogP contribution in [0.25, 0.3) is 0 Å². The number of hydrogen-bond acceptors (Lipinski definition) is 2. The Bertz CT molecular complexity index is 722. The van der Waals surface area contributed by atoms with Crippen LogP contribution in [0.4, 0.5) is 0 Å². The molecular weight excluding hydrogens is 398 g/mol. The van der Waals surface area contributed by atoms with Gasteiger partial charge in [-0.05, 0) is 37.6 Å². The first-order valence-corrected chi connectivity index (χ1v) is 10.5.